The Kier molecular flexibility index (Phi) is 5.60. The van der Waals surface area contributed by atoms with Gasteiger partial charge in [0.05, 0.1) is 18.1 Å². The third-order valence-corrected chi connectivity index (χ3v) is 10.6. The molecule has 4 saturated carbocycles. The van der Waals surface area contributed by atoms with E-state index in [1.807, 2.05) is 6.92 Å². The van der Waals surface area contributed by atoms with Gasteiger partial charge < -0.3 is 15.3 Å². The monoisotopic (exact) mass is 406 g/mol. The molecule has 0 aromatic carbocycles. The standard InChI is InChI=1S/C25H42O4/c1-14(11-15(2)23(28)29)18-5-6-19-22-20(8-10-25(18,19)4)24(3)9-7-17(26)12-16(24)13-21(22)27/h14-22,26-27H,5-13H2,1-4H3,(H,28,29)/t14-,15-,16?,17-,18-,19?,20?,21+,22?,24+,25-/m1/s1. The molecule has 3 N–H and O–H groups in total. The number of fused-ring (bicyclic) bond motifs is 5. The Morgan fingerprint density at radius 1 is 0.966 bits per heavy atom. The first-order valence-electron chi connectivity index (χ1n) is 12.2. The minimum absolute atomic E-state index is 0.182. The number of aliphatic hydroxyl groups excluding tert-OH is 2. The van der Waals surface area contributed by atoms with Crippen LogP contribution >= 0.6 is 0 Å². The zero-order valence-corrected chi connectivity index (χ0v) is 18.8. The van der Waals surface area contributed by atoms with Crippen LogP contribution in [0.15, 0.2) is 0 Å². The molecule has 0 spiro atoms. The second kappa shape index (κ2) is 7.51. The summed E-state index contributed by atoms with van der Waals surface area (Å²) in [5.74, 6) is 2.02. The second-order valence-corrected chi connectivity index (χ2v) is 11.9. The van der Waals surface area contributed by atoms with Crippen molar-refractivity contribution < 1.29 is 20.1 Å². The average Bonchev–Trinajstić information content (AvgIpc) is 3.00. The molecule has 4 aliphatic carbocycles. The molecule has 0 aliphatic heterocycles. The van der Waals surface area contributed by atoms with E-state index in [0.29, 0.717) is 35.5 Å². The molecule has 0 heterocycles. The van der Waals surface area contributed by atoms with E-state index in [1.54, 1.807) is 0 Å². The van der Waals surface area contributed by atoms with Gasteiger partial charge >= 0.3 is 5.97 Å². The van der Waals surface area contributed by atoms with E-state index in [4.69, 9.17) is 0 Å². The van der Waals surface area contributed by atoms with Gasteiger partial charge in [0.1, 0.15) is 0 Å². The molecule has 11 atom stereocenters. The van der Waals surface area contributed by atoms with Crippen molar-refractivity contribution in [1.82, 2.24) is 0 Å². The van der Waals surface area contributed by atoms with Crippen LogP contribution in [0.3, 0.4) is 0 Å². The summed E-state index contributed by atoms with van der Waals surface area (Å²) in [5, 5.41) is 30.9. The Morgan fingerprint density at radius 2 is 1.62 bits per heavy atom. The average molecular weight is 407 g/mol. The first-order valence-corrected chi connectivity index (χ1v) is 12.2. The van der Waals surface area contributed by atoms with Crippen molar-refractivity contribution in [3.63, 3.8) is 0 Å². The number of aliphatic carboxylic acids is 1. The molecule has 0 amide bonds. The van der Waals surface area contributed by atoms with Crippen molar-refractivity contribution in [2.75, 3.05) is 0 Å². The van der Waals surface area contributed by atoms with Gasteiger partial charge in [0.25, 0.3) is 0 Å². The molecular formula is C25H42O4. The fourth-order valence-electron chi connectivity index (χ4n) is 9.00. The number of carbonyl (C=O) groups is 1. The molecule has 4 nitrogen and oxygen atoms in total. The van der Waals surface area contributed by atoms with E-state index in [9.17, 15) is 20.1 Å². The highest BCUT2D eigenvalue weighted by Gasteiger charge is 2.62. The van der Waals surface area contributed by atoms with Gasteiger partial charge in [-0.3, -0.25) is 4.79 Å². The molecule has 0 radical (unpaired) electrons. The molecule has 4 fully saturated rings. The lowest BCUT2D eigenvalue weighted by Gasteiger charge is -2.62. The van der Waals surface area contributed by atoms with Gasteiger partial charge in [0.15, 0.2) is 0 Å². The van der Waals surface area contributed by atoms with Gasteiger partial charge in [-0.15, -0.1) is 0 Å². The molecule has 0 saturated heterocycles. The minimum atomic E-state index is -0.679. The first kappa shape index (κ1) is 21.6. The zero-order chi connectivity index (χ0) is 21.1. The van der Waals surface area contributed by atoms with Crippen LogP contribution in [0.1, 0.15) is 85.5 Å². The molecular weight excluding hydrogens is 364 g/mol. The molecule has 0 aromatic rings. The Balaban J connectivity index is 1.56. The lowest BCUT2D eigenvalue weighted by molar-refractivity contribution is -0.174. The minimum Gasteiger partial charge on any atom is -0.481 e. The number of carboxylic acid groups (broad SMARTS) is 1. The molecule has 4 unspecified atom stereocenters. The normalized spacial score (nSPS) is 51.4. The smallest absolute Gasteiger partial charge is 0.306 e. The van der Waals surface area contributed by atoms with E-state index in [0.717, 1.165) is 32.1 Å². The highest BCUT2D eigenvalue weighted by Crippen LogP contribution is 2.68. The summed E-state index contributed by atoms with van der Waals surface area (Å²) in [7, 11) is 0. The number of rotatable bonds is 4. The van der Waals surface area contributed by atoms with Crippen molar-refractivity contribution in [2.24, 2.45) is 52.3 Å². The molecule has 4 aliphatic rings. The van der Waals surface area contributed by atoms with Crippen LogP contribution in [0, 0.1) is 52.3 Å². The summed E-state index contributed by atoms with van der Waals surface area (Å²) < 4.78 is 0. The highest BCUT2D eigenvalue weighted by atomic mass is 16.4. The highest BCUT2D eigenvalue weighted by molar-refractivity contribution is 5.69. The summed E-state index contributed by atoms with van der Waals surface area (Å²) in [5.41, 5.74) is 0.503. The first-order chi connectivity index (χ1) is 13.6. The Morgan fingerprint density at radius 3 is 2.31 bits per heavy atom. The Labute approximate surface area is 176 Å². The van der Waals surface area contributed by atoms with Crippen LogP contribution in [0.25, 0.3) is 0 Å². The summed E-state index contributed by atoms with van der Waals surface area (Å²) >= 11 is 0. The third-order valence-electron chi connectivity index (χ3n) is 10.6. The fraction of sp³-hybridized carbons (Fsp3) is 0.960. The van der Waals surface area contributed by atoms with E-state index in [1.165, 1.54) is 25.7 Å². The largest absolute Gasteiger partial charge is 0.481 e. The third kappa shape index (κ3) is 3.37. The van der Waals surface area contributed by atoms with Crippen LogP contribution in [0.5, 0.6) is 0 Å². The van der Waals surface area contributed by atoms with Gasteiger partial charge in [-0.25, -0.2) is 0 Å². The summed E-state index contributed by atoms with van der Waals surface area (Å²) in [4.78, 5) is 11.4. The van der Waals surface area contributed by atoms with Gasteiger partial charge in [-0.05, 0) is 104 Å². The molecule has 4 rings (SSSR count). The molecule has 29 heavy (non-hydrogen) atoms. The van der Waals surface area contributed by atoms with Crippen LogP contribution in [-0.4, -0.2) is 33.5 Å². The lowest BCUT2D eigenvalue weighted by Crippen LogP contribution is -2.58. The van der Waals surface area contributed by atoms with Crippen molar-refractivity contribution in [2.45, 2.75) is 97.7 Å². The van der Waals surface area contributed by atoms with Gasteiger partial charge in [-0.1, -0.05) is 27.7 Å². The Hall–Kier alpha value is -0.610. The summed E-state index contributed by atoms with van der Waals surface area (Å²) in [6.07, 6.45) is 8.87. The number of hydrogen-bond donors (Lipinski definition) is 3. The number of carboxylic acids is 1. The van der Waals surface area contributed by atoms with Crippen molar-refractivity contribution in [3.05, 3.63) is 0 Å². The molecule has 4 heteroatoms. The maximum atomic E-state index is 11.4. The molecule has 166 valence electrons. The van der Waals surface area contributed by atoms with E-state index in [2.05, 4.69) is 20.8 Å². The van der Waals surface area contributed by atoms with Crippen LogP contribution in [0.2, 0.25) is 0 Å². The van der Waals surface area contributed by atoms with E-state index in [-0.39, 0.29) is 29.0 Å². The van der Waals surface area contributed by atoms with Crippen molar-refractivity contribution in [1.29, 1.82) is 0 Å². The van der Waals surface area contributed by atoms with Crippen LogP contribution in [0.4, 0.5) is 0 Å². The molecule has 0 bridgehead atoms. The fourth-order valence-corrected chi connectivity index (χ4v) is 9.00. The number of hydrogen-bond acceptors (Lipinski definition) is 3. The van der Waals surface area contributed by atoms with E-state index < -0.39 is 5.97 Å². The maximum Gasteiger partial charge on any atom is 0.306 e. The van der Waals surface area contributed by atoms with Crippen molar-refractivity contribution >= 4 is 5.97 Å². The van der Waals surface area contributed by atoms with Gasteiger partial charge in [0, 0.05) is 0 Å². The van der Waals surface area contributed by atoms with Crippen LogP contribution in [-0.2, 0) is 4.79 Å². The van der Waals surface area contributed by atoms with Crippen LogP contribution < -0.4 is 0 Å². The zero-order valence-electron chi connectivity index (χ0n) is 18.8. The quantitative estimate of drug-likeness (QED) is 0.631. The Bertz CT molecular complexity index is 634. The predicted octanol–water partition coefficient (Wildman–Crippen LogP) is 4.72. The van der Waals surface area contributed by atoms with Gasteiger partial charge in [0.2, 0.25) is 0 Å². The molecule has 0 aromatic heterocycles. The second-order valence-electron chi connectivity index (χ2n) is 11.9. The topological polar surface area (TPSA) is 77.8 Å². The number of aliphatic hydroxyl groups is 2. The lowest BCUT2D eigenvalue weighted by atomic mass is 9.43. The SMILES string of the molecule is C[C@H](C[C@@H](C)[C@H]1CCC2C3C(CC[C@@]21C)[C@@]1(C)CC[C@@H](O)CC1C[C@@H]3O)C(=O)O. The van der Waals surface area contributed by atoms with E-state index >= 15 is 0 Å². The maximum absolute atomic E-state index is 11.4. The van der Waals surface area contributed by atoms with Crippen molar-refractivity contribution in [3.8, 4) is 0 Å². The predicted molar refractivity (Wildman–Crippen MR) is 113 cm³/mol. The summed E-state index contributed by atoms with van der Waals surface area (Å²) in [6, 6.07) is 0. The summed E-state index contributed by atoms with van der Waals surface area (Å²) in [6.45, 7) is 9.02. The van der Waals surface area contributed by atoms with Gasteiger partial charge in [-0.2, -0.15) is 0 Å².